The molecule has 4 heteroatoms. The largest absolute Gasteiger partial charge is 0.378 e. The first kappa shape index (κ1) is 15.4. The van der Waals surface area contributed by atoms with Crippen LogP contribution in [0, 0.1) is 5.82 Å². The molecule has 0 amide bonds. The highest BCUT2D eigenvalue weighted by Gasteiger charge is 2.03. The number of hydrogen-bond acceptors (Lipinski definition) is 3. The summed E-state index contributed by atoms with van der Waals surface area (Å²) in [5.74, 6) is -0.231. The molecule has 0 spiro atoms. The average Bonchev–Trinajstić information content (AvgIpc) is 3.03. The molecule has 0 atom stereocenters. The molecule has 0 saturated carbocycles. The number of thiazole rings is 1. The first-order valence-electron chi connectivity index (χ1n) is 7.29. The Kier molecular flexibility index (Phi) is 4.53. The second kappa shape index (κ2) is 6.75. The van der Waals surface area contributed by atoms with Crippen LogP contribution in [0.1, 0.15) is 10.6 Å². The Morgan fingerprint density at radius 1 is 0.957 bits per heavy atom. The standard InChI is InChI=1S/C19H17FN2S/c1-22(2)17-10-3-14(4-11-17)5-12-19-21-18(13-23-19)15-6-8-16(20)9-7-15/h3-13H,1-2H3/b12-5+. The Hall–Kier alpha value is -2.46. The zero-order chi connectivity index (χ0) is 16.2. The molecule has 3 rings (SSSR count). The second-order valence-electron chi connectivity index (χ2n) is 5.40. The molecular formula is C19H17FN2S. The van der Waals surface area contributed by atoms with E-state index in [1.165, 1.54) is 17.8 Å². The number of aromatic nitrogens is 1. The van der Waals surface area contributed by atoms with Gasteiger partial charge in [-0.15, -0.1) is 11.3 Å². The summed E-state index contributed by atoms with van der Waals surface area (Å²) in [4.78, 5) is 6.64. The van der Waals surface area contributed by atoms with Crippen LogP contribution in [0.3, 0.4) is 0 Å². The molecule has 0 N–H and O–H groups in total. The van der Waals surface area contributed by atoms with Crippen LogP contribution < -0.4 is 4.90 Å². The topological polar surface area (TPSA) is 16.1 Å². The van der Waals surface area contributed by atoms with E-state index in [1.807, 2.05) is 31.6 Å². The molecule has 2 nitrogen and oxygen atoms in total. The molecule has 0 aliphatic carbocycles. The number of nitrogens with zero attached hydrogens (tertiary/aromatic N) is 2. The molecular weight excluding hydrogens is 307 g/mol. The summed E-state index contributed by atoms with van der Waals surface area (Å²) in [6.07, 6.45) is 4.05. The van der Waals surface area contributed by atoms with Crippen molar-refractivity contribution in [3.63, 3.8) is 0 Å². The van der Waals surface area contributed by atoms with Gasteiger partial charge in [-0.1, -0.05) is 18.2 Å². The quantitative estimate of drug-likeness (QED) is 0.657. The van der Waals surface area contributed by atoms with Gasteiger partial charge in [0, 0.05) is 30.7 Å². The van der Waals surface area contributed by atoms with Crippen molar-refractivity contribution in [2.75, 3.05) is 19.0 Å². The highest BCUT2D eigenvalue weighted by molar-refractivity contribution is 7.10. The summed E-state index contributed by atoms with van der Waals surface area (Å²) < 4.78 is 13.0. The van der Waals surface area contributed by atoms with E-state index in [2.05, 4.69) is 34.1 Å². The van der Waals surface area contributed by atoms with E-state index >= 15 is 0 Å². The molecule has 0 unspecified atom stereocenters. The summed E-state index contributed by atoms with van der Waals surface area (Å²) in [6.45, 7) is 0. The minimum atomic E-state index is -0.231. The van der Waals surface area contributed by atoms with Crippen LogP contribution in [0.5, 0.6) is 0 Å². The first-order valence-corrected chi connectivity index (χ1v) is 8.17. The minimum Gasteiger partial charge on any atom is -0.378 e. The highest BCUT2D eigenvalue weighted by atomic mass is 32.1. The van der Waals surface area contributed by atoms with E-state index in [4.69, 9.17) is 0 Å². The van der Waals surface area contributed by atoms with E-state index in [0.717, 1.165) is 21.8 Å². The molecule has 0 fully saturated rings. The summed E-state index contributed by atoms with van der Waals surface area (Å²) in [5.41, 5.74) is 4.11. The predicted molar refractivity (Wildman–Crippen MR) is 97.2 cm³/mol. The molecule has 0 aliphatic heterocycles. The molecule has 116 valence electrons. The van der Waals surface area contributed by atoms with E-state index in [-0.39, 0.29) is 5.82 Å². The van der Waals surface area contributed by atoms with E-state index < -0.39 is 0 Å². The Morgan fingerprint density at radius 3 is 2.30 bits per heavy atom. The van der Waals surface area contributed by atoms with Crippen LogP contribution in [0.2, 0.25) is 0 Å². The van der Waals surface area contributed by atoms with Crippen LogP contribution >= 0.6 is 11.3 Å². The van der Waals surface area contributed by atoms with Crippen LogP contribution in [0.4, 0.5) is 10.1 Å². The van der Waals surface area contributed by atoms with E-state index in [1.54, 1.807) is 23.5 Å². The van der Waals surface area contributed by atoms with Gasteiger partial charge in [-0.25, -0.2) is 9.37 Å². The van der Waals surface area contributed by atoms with Gasteiger partial charge in [0.2, 0.25) is 0 Å². The number of hydrogen-bond donors (Lipinski definition) is 0. The molecule has 1 aromatic heterocycles. The number of anilines is 1. The van der Waals surface area contributed by atoms with Crippen molar-refractivity contribution in [3.8, 4) is 11.3 Å². The van der Waals surface area contributed by atoms with Crippen molar-refractivity contribution < 1.29 is 4.39 Å². The van der Waals surface area contributed by atoms with Crippen molar-refractivity contribution in [1.29, 1.82) is 0 Å². The minimum absolute atomic E-state index is 0.231. The molecule has 3 aromatic rings. The van der Waals surface area contributed by atoms with Gasteiger partial charge in [0.1, 0.15) is 10.8 Å². The summed E-state index contributed by atoms with van der Waals surface area (Å²) >= 11 is 1.58. The Labute approximate surface area is 139 Å². The van der Waals surface area contributed by atoms with Crippen LogP contribution in [0.15, 0.2) is 53.9 Å². The monoisotopic (exact) mass is 324 g/mol. The summed E-state index contributed by atoms with van der Waals surface area (Å²) in [5, 5.41) is 2.92. The van der Waals surface area contributed by atoms with Crippen LogP contribution in [-0.4, -0.2) is 19.1 Å². The van der Waals surface area contributed by atoms with Gasteiger partial charge < -0.3 is 4.90 Å². The van der Waals surface area contributed by atoms with Gasteiger partial charge in [-0.2, -0.15) is 0 Å². The second-order valence-corrected chi connectivity index (χ2v) is 6.29. The molecule has 0 aliphatic rings. The zero-order valence-corrected chi connectivity index (χ0v) is 13.8. The maximum Gasteiger partial charge on any atom is 0.123 e. The third-order valence-corrected chi connectivity index (χ3v) is 4.30. The smallest absolute Gasteiger partial charge is 0.123 e. The van der Waals surface area contributed by atoms with Crippen LogP contribution in [0.25, 0.3) is 23.4 Å². The van der Waals surface area contributed by atoms with E-state index in [0.29, 0.717) is 0 Å². The molecule has 1 heterocycles. The summed E-state index contributed by atoms with van der Waals surface area (Å²) in [7, 11) is 4.05. The third-order valence-electron chi connectivity index (χ3n) is 3.49. The Bertz CT molecular complexity index is 802. The summed E-state index contributed by atoms with van der Waals surface area (Å²) in [6, 6.07) is 14.8. The van der Waals surface area contributed by atoms with Gasteiger partial charge in [-0.3, -0.25) is 0 Å². The molecule has 0 saturated heterocycles. The van der Waals surface area contributed by atoms with Crippen molar-refractivity contribution in [2.45, 2.75) is 0 Å². The van der Waals surface area contributed by atoms with Crippen LogP contribution in [-0.2, 0) is 0 Å². The predicted octanol–water partition coefficient (Wildman–Crippen LogP) is 5.19. The molecule has 0 radical (unpaired) electrons. The van der Waals surface area contributed by atoms with Gasteiger partial charge in [0.05, 0.1) is 5.69 Å². The number of halogens is 1. The normalized spacial score (nSPS) is 11.1. The first-order chi connectivity index (χ1) is 11.1. The lowest BCUT2D eigenvalue weighted by molar-refractivity contribution is 0.628. The SMILES string of the molecule is CN(C)c1ccc(/C=C/c2nc(-c3ccc(F)cc3)cs2)cc1. The fraction of sp³-hybridized carbons (Fsp3) is 0.105. The lowest BCUT2D eigenvalue weighted by Gasteiger charge is -2.11. The fourth-order valence-electron chi connectivity index (χ4n) is 2.17. The van der Waals surface area contributed by atoms with Crippen molar-refractivity contribution >= 4 is 29.2 Å². The third kappa shape index (κ3) is 3.85. The molecule has 23 heavy (non-hydrogen) atoms. The van der Waals surface area contributed by atoms with Gasteiger partial charge >= 0.3 is 0 Å². The Balaban J connectivity index is 1.74. The van der Waals surface area contributed by atoms with Crippen molar-refractivity contribution in [3.05, 3.63) is 70.3 Å². The highest BCUT2D eigenvalue weighted by Crippen LogP contribution is 2.23. The molecule has 2 aromatic carbocycles. The Morgan fingerprint density at radius 2 is 1.65 bits per heavy atom. The fourth-order valence-corrected chi connectivity index (χ4v) is 2.89. The van der Waals surface area contributed by atoms with Gasteiger partial charge in [0.25, 0.3) is 0 Å². The maximum atomic E-state index is 13.0. The average molecular weight is 324 g/mol. The van der Waals surface area contributed by atoms with Gasteiger partial charge in [0.15, 0.2) is 0 Å². The number of benzene rings is 2. The lowest BCUT2D eigenvalue weighted by Crippen LogP contribution is -2.07. The van der Waals surface area contributed by atoms with Gasteiger partial charge in [-0.05, 0) is 48.0 Å². The van der Waals surface area contributed by atoms with Crippen molar-refractivity contribution in [2.24, 2.45) is 0 Å². The zero-order valence-electron chi connectivity index (χ0n) is 13.0. The number of rotatable bonds is 4. The van der Waals surface area contributed by atoms with Crippen molar-refractivity contribution in [1.82, 2.24) is 4.98 Å². The molecule has 0 bridgehead atoms. The maximum absolute atomic E-state index is 13.0. The van der Waals surface area contributed by atoms with E-state index in [9.17, 15) is 4.39 Å². The lowest BCUT2D eigenvalue weighted by atomic mass is 10.2.